The van der Waals surface area contributed by atoms with Crippen LogP contribution in [-0.4, -0.2) is 5.71 Å². The minimum absolute atomic E-state index is 0.533. The second-order valence-electron chi connectivity index (χ2n) is 5.16. The van der Waals surface area contributed by atoms with Gasteiger partial charge in [0.15, 0.2) is 0 Å². The van der Waals surface area contributed by atoms with Gasteiger partial charge in [-0.15, -0.1) is 0 Å². The van der Waals surface area contributed by atoms with Gasteiger partial charge in [0.05, 0.1) is 5.71 Å². The van der Waals surface area contributed by atoms with Crippen LogP contribution in [0.4, 0.5) is 0 Å². The van der Waals surface area contributed by atoms with Gasteiger partial charge in [0.1, 0.15) is 0 Å². The van der Waals surface area contributed by atoms with Gasteiger partial charge in [-0.2, -0.15) is 0 Å². The monoisotopic (exact) mass is 251 g/mol. The molecule has 0 saturated heterocycles. The van der Waals surface area contributed by atoms with E-state index >= 15 is 0 Å². The average Bonchev–Trinajstić information content (AvgIpc) is 2.46. The molecule has 0 bridgehead atoms. The van der Waals surface area contributed by atoms with Gasteiger partial charge >= 0.3 is 0 Å². The third-order valence-corrected chi connectivity index (χ3v) is 3.53. The van der Waals surface area contributed by atoms with E-state index in [1.165, 1.54) is 11.1 Å². The van der Waals surface area contributed by atoms with Crippen molar-refractivity contribution >= 4 is 5.71 Å². The van der Waals surface area contributed by atoms with Crippen LogP contribution in [0.5, 0.6) is 0 Å². The lowest BCUT2D eigenvalue weighted by atomic mass is 9.94. The van der Waals surface area contributed by atoms with Crippen molar-refractivity contribution in [2.45, 2.75) is 33.1 Å². The van der Waals surface area contributed by atoms with Crippen molar-refractivity contribution in [3.8, 4) is 0 Å². The van der Waals surface area contributed by atoms with Gasteiger partial charge in [-0.1, -0.05) is 69.3 Å². The molecule has 0 spiro atoms. The van der Waals surface area contributed by atoms with Crippen molar-refractivity contribution in [1.29, 1.82) is 5.41 Å². The Morgan fingerprint density at radius 3 is 2.21 bits per heavy atom. The Kier molecular flexibility index (Phi) is 4.16. The molecule has 0 aliphatic rings. The van der Waals surface area contributed by atoms with Crippen molar-refractivity contribution in [3.63, 3.8) is 0 Å². The lowest BCUT2D eigenvalue weighted by Gasteiger charge is -2.11. The standard InChI is InChI=1S/C18H21N/c1-4-14-7-5-6-8-17(14)18(19)16-11-9-15(10-12-16)13(2)3/h5-13,19H,4H2,1-3H3. The van der Waals surface area contributed by atoms with E-state index in [0.29, 0.717) is 11.6 Å². The van der Waals surface area contributed by atoms with Gasteiger partial charge in [0.2, 0.25) is 0 Å². The van der Waals surface area contributed by atoms with Crippen molar-refractivity contribution in [2.24, 2.45) is 0 Å². The fourth-order valence-corrected chi connectivity index (χ4v) is 2.26. The van der Waals surface area contributed by atoms with Crippen LogP contribution < -0.4 is 0 Å². The number of hydrogen-bond acceptors (Lipinski definition) is 1. The zero-order valence-corrected chi connectivity index (χ0v) is 11.9. The largest absolute Gasteiger partial charge is 0.300 e. The van der Waals surface area contributed by atoms with E-state index in [1.807, 2.05) is 18.2 Å². The fourth-order valence-electron chi connectivity index (χ4n) is 2.26. The maximum atomic E-state index is 8.39. The maximum Gasteiger partial charge on any atom is 0.0687 e. The molecule has 2 aromatic rings. The van der Waals surface area contributed by atoms with E-state index in [9.17, 15) is 0 Å². The van der Waals surface area contributed by atoms with E-state index < -0.39 is 0 Å². The molecule has 0 saturated carbocycles. The van der Waals surface area contributed by atoms with Crippen LogP contribution in [0, 0.1) is 5.41 Å². The molecular formula is C18H21N. The maximum absolute atomic E-state index is 8.39. The number of aryl methyl sites for hydroxylation is 1. The van der Waals surface area contributed by atoms with Crippen LogP contribution >= 0.6 is 0 Å². The van der Waals surface area contributed by atoms with Gasteiger partial charge in [0, 0.05) is 11.1 Å². The van der Waals surface area contributed by atoms with Gasteiger partial charge in [-0.3, -0.25) is 5.41 Å². The summed E-state index contributed by atoms with van der Waals surface area (Å²) in [4.78, 5) is 0. The zero-order chi connectivity index (χ0) is 13.8. The molecule has 0 amide bonds. The van der Waals surface area contributed by atoms with Crippen molar-refractivity contribution < 1.29 is 0 Å². The van der Waals surface area contributed by atoms with E-state index in [2.05, 4.69) is 51.1 Å². The Balaban J connectivity index is 2.33. The first kappa shape index (κ1) is 13.5. The van der Waals surface area contributed by atoms with Crippen LogP contribution in [0.25, 0.3) is 0 Å². The molecule has 0 heterocycles. The summed E-state index contributed by atoms with van der Waals surface area (Å²) >= 11 is 0. The van der Waals surface area contributed by atoms with Gasteiger partial charge in [-0.25, -0.2) is 0 Å². The van der Waals surface area contributed by atoms with Crippen molar-refractivity contribution in [1.82, 2.24) is 0 Å². The first-order valence-electron chi connectivity index (χ1n) is 6.90. The molecule has 0 aliphatic heterocycles. The SMILES string of the molecule is CCc1ccccc1C(=N)c1ccc(C(C)C)cc1. The topological polar surface area (TPSA) is 23.9 Å². The number of benzene rings is 2. The normalized spacial score (nSPS) is 10.7. The first-order chi connectivity index (χ1) is 9.13. The highest BCUT2D eigenvalue weighted by atomic mass is 14.4. The average molecular weight is 251 g/mol. The zero-order valence-electron chi connectivity index (χ0n) is 11.9. The van der Waals surface area contributed by atoms with Crippen LogP contribution in [0.15, 0.2) is 48.5 Å². The second-order valence-corrected chi connectivity index (χ2v) is 5.16. The van der Waals surface area contributed by atoms with E-state index in [-0.39, 0.29) is 0 Å². The Hall–Kier alpha value is -1.89. The smallest absolute Gasteiger partial charge is 0.0687 e. The number of hydrogen-bond donors (Lipinski definition) is 1. The third-order valence-electron chi connectivity index (χ3n) is 3.53. The van der Waals surface area contributed by atoms with Crippen LogP contribution in [-0.2, 0) is 6.42 Å². The molecule has 0 unspecified atom stereocenters. The number of nitrogens with one attached hydrogen (secondary N) is 1. The summed E-state index contributed by atoms with van der Waals surface area (Å²) in [6, 6.07) is 16.6. The van der Waals surface area contributed by atoms with E-state index in [1.54, 1.807) is 0 Å². The van der Waals surface area contributed by atoms with Crippen LogP contribution in [0.2, 0.25) is 0 Å². The van der Waals surface area contributed by atoms with Crippen molar-refractivity contribution in [2.75, 3.05) is 0 Å². The quantitative estimate of drug-likeness (QED) is 0.755. The molecule has 1 N–H and O–H groups in total. The molecule has 19 heavy (non-hydrogen) atoms. The Bertz CT molecular complexity index is 564. The molecule has 0 atom stereocenters. The molecule has 1 nitrogen and oxygen atoms in total. The highest BCUT2D eigenvalue weighted by Crippen LogP contribution is 2.18. The summed E-state index contributed by atoms with van der Waals surface area (Å²) in [6.45, 7) is 6.51. The van der Waals surface area contributed by atoms with Gasteiger partial charge in [0.25, 0.3) is 0 Å². The van der Waals surface area contributed by atoms with Crippen LogP contribution in [0.1, 0.15) is 48.9 Å². The molecule has 2 rings (SSSR count). The Labute approximate surface area is 115 Å². The van der Waals surface area contributed by atoms with Gasteiger partial charge in [-0.05, 0) is 23.5 Å². The third kappa shape index (κ3) is 2.93. The van der Waals surface area contributed by atoms with Gasteiger partial charge < -0.3 is 0 Å². The van der Waals surface area contributed by atoms with E-state index in [4.69, 9.17) is 5.41 Å². The van der Waals surface area contributed by atoms with E-state index in [0.717, 1.165) is 17.5 Å². The second kappa shape index (κ2) is 5.83. The Morgan fingerprint density at radius 2 is 1.63 bits per heavy atom. The molecule has 0 fully saturated rings. The minimum Gasteiger partial charge on any atom is -0.300 e. The van der Waals surface area contributed by atoms with Crippen LogP contribution in [0.3, 0.4) is 0 Å². The molecule has 0 aromatic heterocycles. The number of rotatable bonds is 4. The molecule has 1 heteroatoms. The summed E-state index contributed by atoms with van der Waals surface area (Å²) in [5.74, 6) is 0.533. The molecule has 2 aromatic carbocycles. The minimum atomic E-state index is 0.533. The summed E-state index contributed by atoms with van der Waals surface area (Å²) in [5, 5.41) is 8.39. The molecular weight excluding hydrogens is 230 g/mol. The summed E-state index contributed by atoms with van der Waals surface area (Å²) < 4.78 is 0. The highest BCUT2D eigenvalue weighted by molar-refractivity contribution is 6.11. The molecule has 0 aliphatic carbocycles. The molecule has 0 radical (unpaired) electrons. The summed E-state index contributed by atoms with van der Waals surface area (Å²) in [6.07, 6.45) is 0.961. The Morgan fingerprint density at radius 1 is 1.00 bits per heavy atom. The predicted octanol–water partition coefficient (Wildman–Crippen LogP) is 4.79. The first-order valence-corrected chi connectivity index (χ1v) is 6.90. The summed E-state index contributed by atoms with van der Waals surface area (Å²) in [7, 11) is 0. The summed E-state index contributed by atoms with van der Waals surface area (Å²) in [5.41, 5.74) is 5.21. The predicted molar refractivity (Wildman–Crippen MR) is 82.3 cm³/mol. The lowest BCUT2D eigenvalue weighted by Crippen LogP contribution is -2.05. The van der Waals surface area contributed by atoms with Crippen molar-refractivity contribution in [3.05, 3.63) is 70.8 Å². The fraction of sp³-hybridized carbons (Fsp3) is 0.278. The highest BCUT2D eigenvalue weighted by Gasteiger charge is 2.09. The lowest BCUT2D eigenvalue weighted by molar-refractivity contribution is 0.866. The molecule has 98 valence electrons.